The van der Waals surface area contributed by atoms with E-state index in [0.717, 1.165) is 11.1 Å². The Kier molecular flexibility index (Phi) is 17.1. The average molecular weight is 827 g/mol. The van der Waals surface area contributed by atoms with Crippen LogP contribution in [0.25, 0.3) is 72.3 Å². The van der Waals surface area contributed by atoms with Gasteiger partial charge in [0.1, 0.15) is 0 Å². The summed E-state index contributed by atoms with van der Waals surface area (Å²) < 4.78 is 0. The molecule has 0 aliphatic rings. The molecule has 0 heterocycles. The van der Waals surface area contributed by atoms with E-state index in [2.05, 4.69) is 238 Å². The van der Waals surface area contributed by atoms with Crippen LogP contribution in [0.4, 0.5) is 0 Å². The van der Waals surface area contributed by atoms with E-state index < -0.39 is 0 Å². The van der Waals surface area contributed by atoms with Crippen LogP contribution in [0, 0.1) is 6.92 Å². The summed E-state index contributed by atoms with van der Waals surface area (Å²) in [7, 11) is 0. The summed E-state index contributed by atoms with van der Waals surface area (Å²) in [6.07, 6.45) is 15.9. The molecule has 0 nitrogen and oxygen atoms in total. The maximum atomic E-state index is 3.94. The van der Waals surface area contributed by atoms with Gasteiger partial charge in [0.15, 0.2) is 0 Å². The molecule has 0 bridgehead atoms. The molecule has 0 unspecified atom stereocenters. The first-order chi connectivity index (χ1) is 31.4. The van der Waals surface area contributed by atoms with Gasteiger partial charge in [0.05, 0.1) is 0 Å². The van der Waals surface area contributed by atoms with Crippen molar-refractivity contribution in [2.45, 2.75) is 27.7 Å². The molecule has 0 heteroatoms. The third kappa shape index (κ3) is 12.9. The molecule has 8 rings (SSSR count). The van der Waals surface area contributed by atoms with Crippen LogP contribution in [0.1, 0.15) is 31.9 Å². The molecule has 8 aromatic rings. The van der Waals surface area contributed by atoms with Gasteiger partial charge in [0.25, 0.3) is 0 Å². The fourth-order valence-electron chi connectivity index (χ4n) is 7.47. The summed E-state index contributed by atoms with van der Waals surface area (Å²) in [6.45, 7) is 15.7. The molecule has 0 amide bonds. The van der Waals surface area contributed by atoms with Crippen LogP contribution in [0.5, 0.6) is 0 Å². The Bertz CT molecular complexity index is 2810. The van der Waals surface area contributed by atoms with Gasteiger partial charge in [-0.25, -0.2) is 0 Å². The molecule has 64 heavy (non-hydrogen) atoms. The highest BCUT2D eigenvalue weighted by Crippen LogP contribution is 2.37. The van der Waals surface area contributed by atoms with Crippen LogP contribution in [-0.4, -0.2) is 0 Å². The monoisotopic (exact) mass is 826 g/mol. The highest BCUT2D eigenvalue weighted by molar-refractivity contribution is 5.89. The van der Waals surface area contributed by atoms with Crippen molar-refractivity contribution >= 4 is 5.57 Å². The Morgan fingerprint density at radius 3 is 1.22 bits per heavy atom. The lowest BCUT2D eigenvalue weighted by atomic mass is 9.89. The Morgan fingerprint density at radius 1 is 0.359 bits per heavy atom. The lowest BCUT2D eigenvalue weighted by Gasteiger charge is -2.15. The SMILES string of the molecule is C=C/C=C(C)\C=C/C.C=C/C=C(\C=C/C)c1ccc(-c2ccc(-c3ccccc3)cc2)c(-c2ccc(-c3cccc(-c4ccccc4)c3)cc2)c1.Cc1ccc(-c2ccccc2)cc1. The minimum Gasteiger partial charge on any atom is -0.0991 e. The highest BCUT2D eigenvalue weighted by Gasteiger charge is 2.12. The van der Waals surface area contributed by atoms with Crippen molar-refractivity contribution in [2.75, 3.05) is 0 Å². The van der Waals surface area contributed by atoms with Gasteiger partial charge in [-0.2, -0.15) is 0 Å². The zero-order valence-corrected chi connectivity index (χ0v) is 37.7. The van der Waals surface area contributed by atoms with E-state index in [1.54, 1.807) is 6.08 Å². The molecular formula is C64H58. The molecule has 0 aliphatic heterocycles. The second-order valence-corrected chi connectivity index (χ2v) is 15.5. The summed E-state index contributed by atoms with van der Waals surface area (Å²) in [6, 6.07) is 73.5. The maximum Gasteiger partial charge on any atom is -0.00992 e. The van der Waals surface area contributed by atoms with Gasteiger partial charge in [0, 0.05) is 0 Å². The molecule has 314 valence electrons. The van der Waals surface area contributed by atoms with Crippen molar-refractivity contribution in [3.8, 4) is 66.8 Å². The molecule has 0 aromatic heterocycles. The van der Waals surface area contributed by atoms with Crippen molar-refractivity contribution in [3.05, 3.63) is 285 Å². The van der Waals surface area contributed by atoms with Gasteiger partial charge < -0.3 is 0 Å². The molecule has 0 spiro atoms. The van der Waals surface area contributed by atoms with E-state index >= 15 is 0 Å². The molecule has 0 atom stereocenters. The van der Waals surface area contributed by atoms with Crippen molar-refractivity contribution in [3.63, 3.8) is 0 Å². The Balaban J connectivity index is 0.000000265. The Hall–Kier alpha value is -7.80. The smallest absolute Gasteiger partial charge is 0.00992 e. The zero-order chi connectivity index (χ0) is 44.9. The van der Waals surface area contributed by atoms with E-state index in [-0.39, 0.29) is 0 Å². The molecule has 0 radical (unpaired) electrons. The number of allylic oxidation sites excluding steroid dienone is 10. The largest absolute Gasteiger partial charge is 0.0991 e. The lowest BCUT2D eigenvalue weighted by molar-refractivity contribution is 1.47. The second-order valence-electron chi connectivity index (χ2n) is 15.5. The number of rotatable bonds is 11. The topological polar surface area (TPSA) is 0 Å². The molecule has 0 saturated carbocycles. The van der Waals surface area contributed by atoms with Crippen LogP contribution >= 0.6 is 0 Å². The molecular weight excluding hydrogens is 769 g/mol. The predicted molar refractivity (Wildman–Crippen MR) is 282 cm³/mol. The highest BCUT2D eigenvalue weighted by atomic mass is 14.2. The summed E-state index contributed by atoms with van der Waals surface area (Å²) in [5, 5.41) is 0. The fourth-order valence-corrected chi connectivity index (χ4v) is 7.47. The standard InChI is InChI=1S/C43H34.C13H12.C8H12/c1-3-12-32(13-4-2)41-28-29-42(37-24-20-35(21-25-37)33-14-7-5-8-15-33)43(31-41)38-26-22-36(23-27-38)40-19-11-18-39(30-40)34-16-9-6-10-17-34;1-11-7-9-13(10-8-11)12-5-3-2-4-6-12;1-4-6-8(3)7-5-2/h3-31H,1H2,2H3;2-10H,1H3;4-7H,1H2,2-3H3/b13-4-,32-12+;;7-5-,8-6-. The van der Waals surface area contributed by atoms with Crippen LogP contribution < -0.4 is 0 Å². The normalized spacial score (nSPS) is 11.3. The third-order valence-electron chi connectivity index (χ3n) is 10.8. The molecule has 8 aromatic carbocycles. The second kappa shape index (κ2) is 24.0. The summed E-state index contributed by atoms with van der Waals surface area (Å²) in [4.78, 5) is 0. The van der Waals surface area contributed by atoms with Gasteiger partial charge in [0.2, 0.25) is 0 Å². The predicted octanol–water partition coefficient (Wildman–Crippen LogP) is 18.5. The molecule has 0 N–H and O–H groups in total. The summed E-state index contributed by atoms with van der Waals surface area (Å²) >= 11 is 0. The van der Waals surface area contributed by atoms with Crippen molar-refractivity contribution in [1.29, 1.82) is 0 Å². The van der Waals surface area contributed by atoms with Gasteiger partial charge in [-0.15, -0.1) is 0 Å². The van der Waals surface area contributed by atoms with Gasteiger partial charge in [-0.1, -0.05) is 267 Å². The summed E-state index contributed by atoms with van der Waals surface area (Å²) in [5.74, 6) is 0. The molecule has 0 aliphatic carbocycles. The van der Waals surface area contributed by atoms with Crippen molar-refractivity contribution in [1.82, 2.24) is 0 Å². The van der Waals surface area contributed by atoms with E-state index in [9.17, 15) is 0 Å². The lowest BCUT2D eigenvalue weighted by Crippen LogP contribution is -1.90. The Morgan fingerprint density at radius 2 is 0.750 bits per heavy atom. The first kappa shape index (κ1) is 45.7. The number of hydrogen-bond acceptors (Lipinski definition) is 0. The Labute approximate surface area is 383 Å². The van der Waals surface area contributed by atoms with Crippen molar-refractivity contribution in [2.24, 2.45) is 0 Å². The van der Waals surface area contributed by atoms with E-state index in [1.165, 1.54) is 77.9 Å². The quantitative estimate of drug-likeness (QED) is 0.114. The molecule has 0 fully saturated rings. The van der Waals surface area contributed by atoms with Crippen LogP contribution in [-0.2, 0) is 0 Å². The number of benzene rings is 8. The number of hydrogen-bond donors (Lipinski definition) is 0. The fraction of sp³-hybridized carbons (Fsp3) is 0.0625. The first-order valence-corrected chi connectivity index (χ1v) is 22.0. The van der Waals surface area contributed by atoms with Crippen LogP contribution in [0.15, 0.2) is 274 Å². The van der Waals surface area contributed by atoms with Crippen LogP contribution in [0.2, 0.25) is 0 Å². The minimum atomic E-state index is 1.14. The zero-order valence-electron chi connectivity index (χ0n) is 37.7. The van der Waals surface area contributed by atoms with Gasteiger partial charge >= 0.3 is 0 Å². The van der Waals surface area contributed by atoms with Gasteiger partial charge in [-0.05, 0) is 118 Å². The first-order valence-electron chi connectivity index (χ1n) is 22.0. The van der Waals surface area contributed by atoms with E-state index in [1.807, 2.05) is 51.1 Å². The minimum absolute atomic E-state index is 1.14. The van der Waals surface area contributed by atoms with E-state index in [0.29, 0.717) is 0 Å². The van der Waals surface area contributed by atoms with Crippen LogP contribution in [0.3, 0.4) is 0 Å². The number of aryl methyl sites for hydroxylation is 1. The maximum absolute atomic E-state index is 3.94. The molecule has 0 saturated heterocycles. The van der Waals surface area contributed by atoms with Crippen molar-refractivity contribution < 1.29 is 0 Å². The van der Waals surface area contributed by atoms with Gasteiger partial charge in [-0.3, -0.25) is 0 Å². The summed E-state index contributed by atoms with van der Waals surface area (Å²) in [5.41, 5.74) is 19.5. The van der Waals surface area contributed by atoms with E-state index in [4.69, 9.17) is 0 Å². The average Bonchev–Trinajstić information content (AvgIpc) is 3.35. The third-order valence-corrected chi connectivity index (χ3v) is 10.8.